The van der Waals surface area contributed by atoms with Gasteiger partial charge in [-0.1, -0.05) is 17.7 Å². The molecule has 4 nitrogen and oxygen atoms in total. The molecule has 5 rings (SSSR count). The zero-order valence-electron chi connectivity index (χ0n) is 17.1. The largest absolute Gasteiger partial charge is 0.367 e. The predicted molar refractivity (Wildman–Crippen MR) is 122 cm³/mol. The lowest BCUT2D eigenvalue weighted by atomic mass is 9.90. The smallest absolute Gasteiger partial charge is 0.138 e. The van der Waals surface area contributed by atoms with Gasteiger partial charge in [-0.15, -0.1) is 11.3 Å². The van der Waals surface area contributed by atoms with E-state index in [1.54, 1.807) is 18.5 Å². The van der Waals surface area contributed by atoms with Gasteiger partial charge >= 0.3 is 0 Å². The van der Waals surface area contributed by atoms with Crippen LogP contribution in [-0.2, 0) is 19.4 Å². The summed E-state index contributed by atoms with van der Waals surface area (Å²) < 4.78 is 14.1. The maximum Gasteiger partial charge on any atom is 0.138 e. The molecule has 158 valence electrons. The summed E-state index contributed by atoms with van der Waals surface area (Å²) in [6.45, 7) is 0.543. The molecule has 0 radical (unpaired) electrons. The maximum atomic E-state index is 14.1. The summed E-state index contributed by atoms with van der Waals surface area (Å²) in [5.74, 6) is 0.787. The summed E-state index contributed by atoms with van der Waals surface area (Å²) in [6, 6.07) is 5.76. The van der Waals surface area contributed by atoms with E-state index in [1.165, 1.54) is 34.7 Å². The highest BCUT2D eigenvalue weighted by Gasteiger charge is 2.27. The van der Waals surface area contributed by atoms with Gasteiger partial charge in [-0.25, -0.2) is 14.4 Å². The molecule has 30 heavy (non-hydrogen) atoms. The van der Waals surface area contributed by atoms with E-state index in [2.05, 4.69) is 27.2 Å². The van der Waals surface area contributed by atoms with Gasteiger partial charge in [-0.3, -0.25) is 4.90 Å². The van der Waals surface area contributed by atoms with E-state index in [1.807, 2.05) is 11.3 Å². The molecule has 2 aliphatic rings. The minimum absolute atomic E-state index is 0.222. The van der Waals surface area contributed by atoms with Crippen molar-refractivity contribution in [2.45, 2.75) is 63.6 Å². The molecule has 1 aromatic carbocycles. The van der Waals surface area contributed by atoms with Crippen molar-refractivity contribution >= 4 is 39.0 Å². The summed E-state index contributed by atoms with van der Waals surface area (Å²) in [4.78, 5) is 14.0. The van der Waals surface area contributed by atoms with Gasteiger partial charge in [-0.2, -0.15) is 0 Å². The number of nitrogens with one attached hydrogen (secondary N) is 1. The van der Waals surface area contributed by atoms with E-state index in [0.29, 0.717) is 29.2 Å². The summed E-state index contributed by atoms with van der Waals surface area (Å²) in [6.07, 6.45) is 9.58. The molecule has 1 saturated carbocycles. The minimum Gasteiger partial charge on any atom is -0.367 e. The SMILES string of the molecule is CN(Cc1c(F)cccc1Cl)[C@H]1CC[C@H](Nc2ncnc3sc4c(c23)CCC4)CC1. The molecule has 1 fully saturated rings. The maximum absolute atomic E-state index is 14.1. The van der Waals surface area contributed by atoms with Gasteiger partial charge in [0.05, 0.1) is 5.39 Å². The van der Waals surface area contributed by atoms with Gasteiger partial charge in [0, 0.05) is 34.1 Å². The molecule has 2 aromatic heterocycles. The molecule has 3 aromatic rings. The molecule has 0 spiro atoms. The normalized spacial score (nSPS) is 21.3. The molecule has 0 bridgehead atoms. The number of aromatic nitrogens is 2. The van der Waals surface area contributed by atoms with Crippen LogP contribution in [0.1, 0.15) is 48.1 Å². The van der Waals surface area contributed by atoms with Crippen LogP contribution in [0.4, 0.5) is 10.2 Å². The number of rotatable bonds is 5. The van der Waals surface area contributed by atoms with E-state index >= 15 is 0 Å². The number of hydrogen-bond donors (Lipinski definition) is 1. The number of hydrogen-bond acceptors (Lipinski definition) is 5. The van der Waals surface area contributed by atoms with E-state index in [4.69, 9.17) is 11.6 Å². The third kappa shape index (κ3) is 3.81. The summed E-state index contributed by atoms with van der Waals surface area (Å²) in [7, 11) is 2.07. The second-order valence-corrected chi connectivity index (χ2v) is 10.0. The number of anilines is 1. The fourth-order valence-corrected chi connectivity index (χ4v) is 6.41. The Bertz CT molecular complexity index is 1040. The molecule has 1 N–H and O–H groups in total. The van der Waals surface area contributed by atoms with E-state index in [-0.39, 0.29) is 5.82 Å². The van der Waals surface area contributed by atoms with Crippen LogP contribution in [-0.4, -0.2) is 34.0 Å². The van der Waals surface area contributed by atoms with Crippen LogP contribution in [0.25, 0.3) is 10.2 Å². The first-order valence-corrected chi connectivity index (χ1v) is 11.9. The molecule has 2 aliphatic carbocycles. The van der Waals surface area contributed by atoms with Crippen molar-refractivity contribution in [3.8, 4) is 0 Å². The molecular formula is C23H26ClFN4S. The Kier molecular flexibility index (Phi) is 5.65. The average molecular weight is 445 g/mol. The van der Waals surface area contributed by atoms with Crippen LogP contribution in [0.15, 0.2) is 24.5 Å². The van der Waals surface area contributed by atoms with Crippen LogP contribution in [0.3, 0.4) is 0 Å². The van der Waals surface area contributed by atoms with E-state index < -0.39 is 0 Å². The first-order chi connectivity index (χ1) is 14.6. The van der Waals surface area contributed by atoms with Crippen molar-refractivity contribution in [2.24, 2.45) is 0 Å². The van der Waals surface area contributed by atoms with Gasteiger partial charge in [0.15, 0.2) is 0 Å². The minimum atomic E-state index is -0.222. The first-order valence-electron chi connectivity index (χ1n) is 10.7. The van der Waals surface area contributed by atoms with Crippen LogP contribution in [0.2, 0.25) is 5.02 Å². The molecule has 7 heteroatoms. The summed E-state index contributed by atoms with van der Waals surface area (Å²) >= 11 is 8.05. The quantitative estimate of drug-likeness (QED) is 0.537. The standard InChI is InChI=1S/C23H26ClFN4S/c1-29(12-17-18(24)5-3-6-19(17)25)15-10-8-14(9-11-15)28-22-21-16-4-2-7-20(16)30-23(21)27-13-26-22/h3,5-6,13-15H,2,4,7-12H2,1H3,(H,26,27,28)/t14-,15-. The molecule has 2 heterocycles. The molecule has 0 aliphatic heterocycles. The fraction of sp³-hybridized carbons (Fsp3) is 0.478. The van der Waals surface area contributed by atoms with Gasteiger partial charge in [0.25, 0.3) is 0 Å². The van der Waals surface area contributed by atoms with Gasteiger partial charge in [0.2, 0.25) is 0 Å². The van der Waals surface area contributed by atoms with E-state index in [0.717, 1.165) is 42.8 Å². The van der Waals surface area contributed by atoms with Gasteiger partial charge in [-0.05, 0) is 69.7 Å². The van der Waals surface area contributed by atoms with E-state index in [9.17, 15) is 4.39 Å². The highest BCUT2D eigenvalue weighted by atomic mass is 35.5. The van der Waals surface area contributed by atoms with Crippen LogP contribution in [0, 0.1) is 5.82 Å². The van der Waals surface area contributed by atoms with Crippen LogP contribution in [0.5, 0.6) is 0 Å². The van der Waals surface area contributed by atoms with Crippen molar-refractivity contribution in [2.75, 3.05) is 12.4 Å². The monoisotopic (exact) mass is 444 g/mol. The Balaban J connectivity index is 1.23. The van der Waals surface area contributed by atoms with Crippen molar-refractivity contribution in [1.82, 2.24) is 14.9 Å². The molecule has 0 amide bonds. The van der Waals surface area contributed by atoms with Crippen molar-refractivity contribution in [1.29, 1.82) is 0 Å². The predicted octanol–water partition coefficient (Wildman–Crippen LogP) is 5.83. The lowest BCUT2D eigenvalue weighted by Gasteiger charge is -2.35. The third-order valence-corrected chi connectivity index (χ3v) is 8.19. The zero-order chi connectivity index (χ0) is 20.7. The summed E-state index contributed by atoms with van der Waals surface area (Å²) in [5.41, 5.74) is 2.06. The Morgan fingerprint density at radius 3 is 2.83 bits per heavy atom. The molecule has 0 unspecified atom stereocenters. The number of nitrogens with zero attached hydrogens (tertiary/aromatic N) is 3. The number of halogens is 2. The Labute approximate surface area is 185 Å². The first kappa shape index (κ1) is 20.2. The van der Waals surface area contributed by atoms with Crippen LogP contribution < -0.4 is 5.32 Å². The fourth-order valence-electron chi connectivity index (χ4n) is 4.95. The lowest BCUT2D eigenvalue weighted by Crippen LogP contribution is -2.38. The second-order valence-electron chi connectivity index (χ2n) is 8.52. The molecule has 0 saturated heterocycles. The van der Waals surface area contributed by atoms with Crippen LogP contribution >= 0.6 is 22.9 Å². The van der Waals surface area contributed by atoms with Crippen molar-refractivity contribution in [3.63, 3.8) is 0 Å². The van der Waals surface area contributed by atoms with Gasteiger partial charge in [0.1, 0.15) is 22.8 Å². The number of benzene rings is 1. The summed E-state index contributed by atoms with van der Waals surface area (Å²) in [5, 5.41) is 5.48. The number of fused-ring (bicyclic) bond motifs is 3. The highest BCUT2D eigenvalue weighted by molar-refractivity contribution is 7.19. The Hall–Kier alpha value is -1.76. The molecular weight excluding hydrogens is 419 g/mol. The average Bonchev–Trinajstić information content (AvgIpc) is 3.33. The Morgan fingerprint density at radius 1 is 1.20 bits per heavy atom. The zero-order valence-corrected chi connectivity index (χ0v) is 18.7. The third-order valence-electron chi connectivity index (χ3n) is 6.63. The number of aryl methyl sites for hydroxylation is 2. The van der Waals surface area contributed by atoms with Crippen molar-refractivity contribution in [3.05, 3.63) is 51.4 Å². The lowest BCUT2D eigenvalue weighted by molar-refractivity contribution is 0.177. The highest BCUT2D eigenvalue weighted by Crippen LogP contribution is 2.39. The Morgan fingerprint density at radius 2 is 2.03 bits per heavy atom. The van der Waals surface area contributed by atoms with Crippen molar-refractivity contribution < 1.29 is 4.39 Å². The van der Waals surface area contributed by atoms with Gasteiger partial charge < -0.3 is 5.32 Å². The number of thiophene rings is 1. The second kappa shape index (κ2) is 8.40. The molecule has 0 atom stereocenters. The topological polar surface area (TPSA) is 41.0 Å².